The third-order valence-electron chi connectivity index (χ3n) is 2.59. The van der Waals surface area contributed by atoms with Crippen LogP contribution in [0.4, 0.5) is 0 Å². The molecular formula is C12H2Br2Cl4O2. The van der Waals surface area contributed by atoms with Crippen molar-refractivity contribution in [3.05, 3.63) is 41.2 Å². The molecule has 0 aliphatic carbocycles. The smallest absolute Gasteiger partial charge is 0.191 e. The topological polar surface area (TPSA) is 18.5 Å². The lowest BCUT2D eigenvalue weighted by Crippen LogP contribution is -2.02. The SMILES string of the molecule is Clc1cc2c(c(Br)c1Cl)Oc1c(Br)cc(Cl)c(Cl)c1O2. The molecule has 2 aromatic rings. The molecule has 3 rings (SSSR count). The van der Waals surface area contributed by atoms with Crippen LogP contribution in [0.5, 0.6) is 23.0 Å². The van der Waals surface area contributed by atoms with Gasteiger partial charge in [-0.05, 0) is 37.9 Å². The molecule has 0 atom stereocenters. The highest BCUT2D eigenvalue weighted by Crippen LogP contribution is 2.57. The molecule has 1 aliphatic heterocycles. The Morgan fingerprint density at radius 1 is 0.750 bits per heavy atom. The van der Waals surface area contributed by atoms with Gasteiger partial charge in [0.05, 0.1) is 24.0 Å². The van der Waals surface area contributed by atoms with Crippen molar-refractivity contribution in [2.45, 2.75) is 0 Å². The monoisotopic (exact) mass is 476 g/mol. The largest absolute Gasteiger partial charge is 0.448 e. The highest BCUT2D eigenvalue weighted by molar-refractivity contribution is 9.11. The quantitative estimate of drug-likeness (QED) is 0.243. The Balaban J connectivity index is 2.24. The molecule has 1 heterocycles. The number of rotatable bonds is 0. The average molecular weight is 480 g/mol. The standard InChI is InChI=1S/C12H2Br2Cl4O2/c13-3-1-4(15)9(18)12-10(3)20-11-6(19-12)2-5(16)8(17)7(11)14/h1-2H. The number of halogens is 6. The molecule has 1 aliphatic rings. The molecule has 0 saturated carbocycles. The van der Waals surface area contributed by atoms with E-state index in [-0.39, 0.29) is 5.02 Å². The fraction of sp³-hybridized carbons (Fsp3) is 0. The van der Waals surface area contributed by atoms with Crippen LogP contribution < -0.4 is 9.47 Å². The van der Waals surface area contributed by atoms with E-state index in [0.29, 0.717) is 47.0 Å². The molecule has 8 heteroatoms. The molecule has 104 valence electrons. The Kier molecular flexibility index (Phi) is 4.08. The first-order valence-electron chi connectivity index (χ1n) is 5.11. The lowest BCUT2D eigenvalue weighted by molar-refractivity contribution is 0.356. The van der Waals surface area contributed by atoms with Gasteiger partial charge < -0.3 is 9.47 Å². The summed E-state index contributed by atoms with van der Waals surface area (Å²) >= 11 is 30.9. The van der Waals surface area contributed by atoms with E-state index in [1.165, 1.54) is 0 Å². The van der Waals surface area contributed by atoms with E-state index in [9.17, 15) is 0 Å². The molecule has 0 aromatic heterocycles. The van der Waals surface area contributed by atoms with Crippen molar-refractivity contribution in [2.24, 2.45) is 0 Å². The van der Waals surface area contributed by atoms with Gasteiger partial charge in [-0.25, -0.2) is 0 Å². The predicted octanol–water partition coefficient (Wildman–Crippen LogP) is 7.72. The maximum Gasteiger partial charge on any atom is 0.191 e. The van der Waals surface area contributed by atoms with Crippen LogP contribution in [0.1, 0.15) is 0 Å². The number of hydrogen-bond donors (Lipinski definition) is 0. The summed E-state index contributed by atoms with van der Waals surface area (Å²) in [6.07, 6.45) is 0. The van der Waals surface area contributed by atoms with Crippen LogP contribution in [0.15, 0.2) is 21.1 Å². The van der Waals surface area contributed by atoms with Crippen LogP contribution in [0.25, 0.3) is 0 Å². The second-order valence-corrected chi connectivity index (χ2v) is 7.05. The normalized spacial score (nSPS) is 12.3. The molecule has 2 aromatic carbocycles. The minimum absolute atomic E-state index is 0.262. The Morgan fingerprint density at radius 2 is 1.40 bits per heavy atom. The zero-order chi connectivity index (χ0) is 14.6. The Labute approximate surface area is 151 Å². The van der Waals surface area contributed by atoms with Gasteiger partial charge in [0, 0.05) is 6.07 Å². The lowest BCUT2D eigenvalue weighted by atomic mass is 10.2. The highest BCUT2D eigenvalue weighted by Gasteiger charge is 2.29. The summed E-state index contributed by atoms with van der Waals surface area (Å²) in [5.41, 5.74) is 0. The van der Waals surface area contributed by atoms with Crippen molar-refractivity contribution < 1.29 is 9.47 Å². The van der Waals surface area contributed by atoms with Crippen molar-refractivity contribution in [3.63, 3.8) is 0 Å². The van der Waals surface area contributed by atoms with E-state index in [1.807, 2.05) is 0 Å². The van der Waals surface area contributed by atoms with Crippen molar-refractivity contribution in [2.75, 3.05) is 0 Å². The molecule has 0 unspecified atom stereocenters. The summed E-state index contributed by atoms with van der Waals surface area (Å²) in [6, 6.07) is 3.18. The maximum absolute atomic E-state index is 6.13. The Bertz CT molecular complexity index is 749. The van der Waals surface area contributed by atoms with E-state index >= 15 is 0 Å². The molecule has 0 bridgehead atoms. The minimum atomic E-state index is 0.262. The first kappa shape index (κ1) is 15.1. The van der Waals surface area contributed by atoms with Gasteiger partial charge in [0.2, 0.25) is 0 Å². The second kappa shape index (κ2) is 5.41. The number of ether oxygens (including phenoxy) is 2. The molecule has 0 spiro atoms. The minimum Gasteiger partial charge on any atom is -0.448 e. The van der Waals surface area contributed by atoms with Crippen molar-refractivity contribution >= 4 is 78.3 Å². The predicted molar refractivity (Wildman–Crippen MR) is 88.5 cm³/mol. The number of hydrogen-bond acceptors (Lipinski definition) is 2. The van der Waals surface area contributed by atoms with E-state index in [0.717, 1.165) is 0 Å². The highest BCUT2D eigenvalue weighted by atomic mass is 79.9. The zero-order valence-corrected chi connectivity index (χ0v) is 15.4. The van der Waals surface area contributed by atoms with Gasteiger partial charge in [-0.1, -0.05) is 46.4 Å². The fourth-order valence-corrected chi connectivity index (χ4v) is 3.62. The summed E-state index contributed by atoms with van der Waals surface area (Å²) < 4.78 is 12.7. The van der Waals surface area contributed by atoms with E-state index in [4.69, 9.17) is 55.9 Å². The van der Waals surface area contributed by atoms with Crippen molar-refractivity contribution in [1.29, 1.82) is 0 Å². The van der Waals surface area contributed by atoms with E-state index in [1.54, 1.807) is 12.1 Å². The third-order valence-corrected chi connectivity index (χ3v) is 5.72. The lowest BCUT2D eigenvalue weighted by Gasteiger charge is -2.24. The Morgan fingerprint density at radius 3 is 2.10 bits per heavy atom. The fourth-order valence-electron chi connectivity index (χ4n) is 1.68. The van der Waals surface area contributed by atoms with Gasteiger partial charge >= 0.3 is 0 Å². The van der Waals surface area contributed by atoms with Crippen LogP contribution in [-0.4, -0.2) is 0 Å². The molecule has 0 amide bonds. The van der Waals surface area contributed by atoms with Gasteiger partial charge in [-0.3, -0.25) is 0 Å². The van der Waals surface area contributed by atoms with Crippen LogP contribution in [0, 0.1) is 0 Å². The summed E-state index contributed by atoms with van der Waals surface area (Å²) in [7, 11) is 0. The third kappa shape index (κ3) is 2.31. The van der Waals surface area contributed by atoms with Crippen molar-refractivity contribution in [3.8, 4) is 23.0 Å². The van der Waals surface area contributed by atoms with Gasteiger partial charge in [0.25, 0.3) is 0 Å². The van der Waals surface area contributed by atoms with Gasteiger partial charge in [0.15, 0.2) is 23.0 Å². The van der Waals surface area contributed by atoms with Gasteiger partial charge in [-0.15, -0.1) is 0 Å². The molecule has 0 N–H and O–H groups in total. The first-order chi connectivity index (χ1) is 9.40. The number of benzene rings is 2. The molecule has 2 nitrogen and oxygen atoms in total. The summed E-state index contributed by atoms with van der Waals surface area (Å²) in [5, 5.41) is 1.29. The molecule has 20 heavy (non-hydrogen) atoms. The molecule has 0 saturated heterocycles. The van der Waals surface area contributed by atoms with E-state index in [2.05, 4.69) is 31.9 Å². The van der Waals surface area contributed by atoms with Crippen LogP contribution in [-0.2, 0) is 0 Å². The maximum atomic E-state index is 6.13. The zero-order valence-electron chi connectivity index (χ0n) is 9.24. The average Bonchev–Trinajstić information content (AvgIpc) is 2.41. The Hall–Kier alpha value is 0.160. The summed E-state index contributed by atoms with van der Waals surface area (Å²) in [5.74, 6) is 1.57. The summed E-state index contributed by atoms with van der Waals surface area (Å²) in [6.45, 7) is 0. The van der Waals surface area contributed by atoms with Crippen LogP contribution >= 0.6 is 78.3 Å². The van der Waals surface area contributed by atoms with Crippen LogP contribution in [0.2, 0.25) is 20.1 Å². The van der Waals surface area contributed by atoms with Crippen molar-refractivity contribution in [1.82, 2.24) is 0 Å². The molecular weight excluding hydrogens is 478 g/mol. The molecule has 0 radical (unpaired) electrons. The van der Waals surface area contributed by atoms with E-state index < -0.39 is 0 Å². The summed E-state index contributed by atoms with van der Waals surface area (Å²) in [4.78, 5) is 0. The first-order valence-corrected chi connectivity index (χ1v) is 8.20. The van der Waals surface area contributed by atoms with Crippen LogP contribution in [0.3, 0.4) is 0 Å². The second-order valence-electron chi connectivity index (χ2n) is 3.83. The van der Waals surface area contributed by atoms with Gasteiger partial charge in [0.1, 0.15) is 5.02 Å². The molecule has 0 fully saturated rings. The van der Waals surface area contributed by atoms with Gasteiger partial charge in [-0.2, -0.15) is 0 Å². The number of fused-ring (bicyclic) bond motifs is 2.